The summed E-state index contributed by atoms with van der Waals surface area (Å²) < 4.78 is 29.5. The van der Waals surface area contributed by atoms with Crippen molar-refractivity contribution in [1.82, 2.24) is 10.6 Å². The number of halogens is 2. The van der Waals surface area contributed by atoms with Gasteiger partial charge in [-0.3, -0.25) is 5.43 Å². The topological polar surface area (TPSA) is 62.5 Å². The molecule has 0 fully saturated rings. The Labute approximate surface area is 141 Å². The highest BCUT2D eigenvalue weighted by atomic mass is 32.2. The fourth-order valence-corrected chi connectivity index (χ4v) is 2.38. The molecule has 122 valence electrons. The van der Waals surface area contributed by atoms with Crippen molar-refractivity contribution in [2.75, 3.05) is 5.32 Å². The summed E-state index contributed by atoms with van der Waals surface area (Å²) in [4.78, 5) is 0.487. The van der Waals surface area contributed by atoms with Crippen molar-refractivity contribution in [3.63, 3.8) is 0 Å². The monoisotopic (exact) mass is 356 g/mol. The maximum atomic E-state index is 12.2. The molecule has 23 heavy (non-hydrogen) atoms. The van der Waals surface area contributed by atoms with Crippen molar-refractivity contribution < 1.29 is 13.3 Å². The number of anilines is 1. The summed E-state index contributed by atoms with van der Waals surface area (Å²) in [5, 5.41) is 11.0. The number of rotatable bonds is 5. The molecule has 2 aromatic rings. The lowest BCUT2D eigenvalue weighted by atomic mass is 10.2. The molecule has 0 unspecified atom stereocenters. The zero-order valence-corrected chi connectivity index (χ0v) is 14.0. The highest BCUT2D eigenvalue weighted by molar-refractivity contribution is 7.99. The maximum Gasteiger partial charge on any atom is 0.288 e. The summed E-state index contributed by atoms with van der Waals surface area (Å²) in [6, 6.07) is 6.51. The van der Waals surface area contributed by atoms with Crippen molar-refractivity contribution in [2.24, 2.45) is 5.10 Å². The summed E-state index contributed by atoms with van der Waals surface area (Å²) in [6.45, 7) is 3.60. The van der Waals surface area contributed by atoms with Crippen LogP contribution >= 0.6 is 24.0 Å². The highest BCUT2D eigenvalue weighted by Crippen LogP contribution is 2.26. The number of alkyl halides is 2. The number of nitrogens with zero attached hydrogens (tertiary/aromatic N) is 2. The first-order chi connectivity index (χ1) is 11.0. The predicted octanol–water partition coefficient (Wildman–Crippen LogP) is 3.93. The Hall–Kier alpha value is -2.00. The molecule has 9 heteroatoms. The van der Waals surface area contributed by atoms with E-state index in [0.29, 0.717) is 28.1 Å². The molecule has 0 spiro atoms. The summed E-state index contributed by atoms with van der Waals surface area (Å²) >= 11 is 5.59. The van der Waals surface area contributed by atoms with Crippen LogP contribution in [0.4, 0.5) is 14.5 Å². The summed E-state index contributed by atoms with van der Waals surface area (Å²) in [7, 11) is 0. The first-order valence-electron chi connectivity index (χ1n) is 6.53. The van der Waals surface area contributed by atoms with Gasteiger partial charge in [-0.15, -0.1) is 0 Å². The molecular formula is C14H14F2N4OS2. The largest absolute Gasteiger partial charge is 0.361 e. The van der Waals surface area contributed by atoms with E-state index in [0.717, 1.165) is 11.3 Å². The van der Waals surface area contributed by atoms with E-state index in [9.17, 15) is 8.78 Å². The number of hydrazone groups is 1. The van der Waals surface area contributed by atoms with Gasteiger partial charge in [-0.25, -0.2) is 0 Å². The number of hydrogen-bond acceptors (Lipinski definition) is 5. The lowest BCUT2D eigenvalue weighted by Gasteiger charge is -2.07. The quantitative estimate of drug-likeness (QED) is 0.366. The number of aromatic nitrogens is 1. The number of aryl methyl sites for hydroxylation is 2. The smallest absolute Gasteiger partial charge is 0.288 e. The Kier molecular flexibility index (Phi) is 6.05. The molecule has 0 atom stereocenters. The predicted molar refractivity (Wildman–Crippen MR) is 91.2 cm³/mol. The Morgan fingerprint density at radius 3 is 2.61 bits per heavy atom. The van der Waals surface area contributed by atoms with Gasteiger partial charge in [0.15, 0.2) is 5.11 Å². The van der Waals surface area contributed by atoms with Gasteiger partial charge in [0, 0.05) is 10.6 Å². The average molecular weight is 356 g/mol. The van der Waals surface area contributed by atoms with Crippen molar-refractivity contribution in [3.05, 3.63) is 41.3 Å². The molecule has 5 nitrogen and oxygen atoms in total. The van der Waals surface area contributed by atoms with Crippen LogP contribution in [0.15, 0.2) is 38.8 Å². The normalized spacial score (nSPS) is 11.2. The summed E-state index contributed by atoms with van der Waals surface area (Å²) in [5.74, 6) is -1.77. The van der Waals surface area contributed by atoms with Crippen LogP contribution in [-0.4, -0.2) is 22.2 Å². The maximum absolute atomic E-state index is 12.2. The van der Waals surface area contributed by atoms with Crippen molar-refractivity contribution in [3.8, 4) is 0 Å². The average Bonchev–Trinajstić information content (AvgIpc) is 2.80. The number of thiocarbonyl (C=S) groups is 1. The molecule has 0 aliphatic rings. The van der Waals surface area contributed by atoms with E-state index in [2.05, 4.69) is 21.0 Å². The van der Waals surface area contributed by atoms with E-state index in [-0.39, 0.29) is 5.11 Å². The van der Waals surface area contributed by atoms with Crippen molar-refractivity contribution in [2.45, 2.75) is 24.5 Å². The minimum Gasteiger partial charge on any atom is -0.361 e. The Morgan fingerprint density at radius 1 is 1.35 bits per heavy atom. The van der Waals surface area contributed by atoms with Crippen LogP contribution in [0.5, 0.6) is 0 Å². The molecule has 2 rings (SSSR count). The summed E-state index contributed by atoms with van der Waals surface area (Å²) in [5.41, 5.74) is 4.86. The number of thioether (sulfide) groups is 1. The first kappa shape index (κ1) is 17.4. The van der Waals surface area contributed by atoms with E-state index in [1.54, 1.807) is 37.4 Å². The zero-order chi connectivity index (χ0) is 16.8. The van der Waals surface area contributed by atoms with Crippen LogP contribution in [0, 0.1) is 13.8 Å². The molecule has 0 saturated heterocycles. The van der Waals surface area contributed by atoms with Gasteiger partial charge < -0.3 is 9.84 Å². The van der Waals surface area contributed by atoms with E-state index in [4.69, 9.17) is 16.7 Å². The zero-order valence-electron chi connectivity index (χ0n) is 12.3. The van der Waals surface area contributed by atoms with Gasteiger partial charge in [0.1, 0.15) is 5.76 Å². The number of benzene rings is 1. The van der Waals surface area contributed by atoms with Crippen LogP contribution in [-0.2, 0) is 0 Å². The standard InChI is InChI=1S/C14H14F2N4OS2/c1-8-12(9(2)21-20-8)7-17-19-14(22)18-10-3-5-11(6-4-10)23-13(15)16/h3-7,13H,1-2H3,(H2,18,19,22)/b17-7+. The number of nitrogens with one attached hydrogen (secondary N) is 2. The van der Waals surface area contributed by atoms with Crippen LogP contribution in [0.3, 0.4) is 0 Å². The van der Waals surface area contributed by atoms with E-state index >= 15 is 0 Å². The molecule has 0 bridgehead atoms. The molecule has 1 heterocycles. The van der Waals surface area contributed by atoms with Crippen LogP contribution in [0.1, 0.15) is 17.0 Å². The fourth-order valence-electron chi connectivity index (χ4n) is 1.71. The Morgan fingerprint density at radius 2 is 2.04 bits per heavy atom. The lowest BCUT2D eigenvalue weighted by molar-refractivity contribution is 0.252. The Balaban J connectivity index is 1.87. The minimum atomic E-state index is -2.43. The third kappa shape index (κ3) is 5.29. The van der Waals surface area contributed by atoms with Crippen LogP contribution < -0.4 is 10.7 Å². The number of hydrogen-bond donors (Lipinski definition) is 2. The SMILES string of the molecule is Cc1noc(C)c1/C=N/NC(=S)Nc1ccc(SC(F)F)cc1. The third-order valence-corrected chi connectivity index (χ3v) is 3.70. The Bertz CT molecular complexity index is 682. The summed E-state index contributed by atoms with van der Waals surface area (Å²) in [6.07, 6.45) is 1.57. The van der Waals surface area contributed by atoms with Gasteiger partial charge in [-0.1, -0.05) is 16.9 Å². The third-order valence-electron chi connectivity index (χ3n) is 2.79. The van der Waals surface area contributed by atoms with Gasteiger partial charge in [0.25, 0.3) is 5.76 Å². The molecule has 0 amide bonds. The fraction of sp³-hybridized carbons (Fsp3) is 0.214. The van der Waals surface area contributed by atoms with Crippen LogP contribution in [0.2, 0.25) is 0 Å². The molecular weight excluding hydrogens is 342 g/mol. The van der Waals surface area contributed by atoms with Gasteiger partial charge in [-0.05, 0) is 50.3 Å². The van der Waals surface area contributed by atoms with Gasteiger partial charge >= 0.3 is 0 Å². The van der Waals surface area contributed by atoms with E-state index in [1.165, 1.54) is 0 Å². The van der Waals surface area contributed by atoms with Crippen LogP contribution in [0.25, 0.3) is 0 Å². The molecule has 0 radical (unpaired) electrons. The second kappa shape index (κ2) is 8.02. The molecule has 2 N–H and O–H groups in total. The van der Waals surface area contributed by atoms with E-state index < -0.39 is 5.76 Å². The molecule has 0 aliphatic heterocycles. The molecule has 1 aromatic carbocycles. The van der Waals surface area contributed by atoms with Gasteiger partial charge in [0.2, 0.25) is 0 Å². The van der Waals surface area contributed by atoms with Gasteiger partial charge in [0.05, 0.1) is 17.5 Å². The van der Waals surface area contributed by atoms with Crippen molar-refractivity contribution >= 4 is 41.0 Å². The van der Waals surface area contributed by atoms with Gasteiger partial charge in [-0.2, -0.15) is 13.9 Å². The minimum absolute atomic E-state index is 0.280. The highest BCUT2D eigenvalue weighted by Gasteiger charge is 2.06. The second-order valence-corrected chi connectivity index (χ2v) is 5.94. The second-order valence-electron chi connectivity index (χ2n) is 4.46. The molecule has 0 saturated carbocycles. The van der Waals surface area contributed by atoms with Crippen molar-refractivity contribution in [1.29, 1.82) is 0 Å². The molecule has 1 aromatic heterocycles. The first-order valence-corrected chi connectivity index (χ1v) is 7.82. The molecule has 0 aliphatic carbocycles. The van der Waals surface area contributed by atoms with E-state index in [1.807, 2.05) is 6.92 Å². The lowest BCUT2D eigenvalue weighted by Crippen LogP contribution is -2.23.